The summed E-state index contributed by atoms with van der Waals surface area (Å²) in [4.78, 5) is 0. The van der Waals surface area contributed by atoms with Crippen LogP contribution in [0.1, 0.15) is 12.8 Å². The lowest BCUT2D eigenvalue weighted by Gasteiger charge is -1.94. The van der Waals surface area contributed by atoms with E-state index in [0.29, 0.717) is 6.04 Å². The fourth-order valence-corrected chi connectivity index (χ4v) is 1.42. The zero-order valence-electron chi connectivity index (χ0n) is 4.93. The molecule has 0 aliphatic carbocycles. The predicted molar refractivity (Wildman–Crippen MR) is 39.6 cm³/mol. The first-order chi connectivity index (χ1) is 3.84. The van der Waals surface area contributed by atoms with Crippen molar-refractivity contribution in [2.45, 2.75) is 18.9 Å². The van der Waals surface area contributed by atoms with Crippen molar-refractivity contribution in [1.82, 2.24) is 0 Å². The zero-order chi connectivity index (χ0) is 5.98. The summed E-state index contributed by atoms with van der Waals surface area (Å²) in [7, 11) is 3.35. The SMILES string of the molecule is C=[N+]1CCCC1C=P. The summed E-state index contributed by atoms with van der Waals surface area (Å²) in [6, 6.07) is 0.576. The quantitative estimate of drug-likeness (QED) is 0.363. The van der Waals surface area contributed by atoms with Crippen LogP contribution in [0, 0.1) is 0 Å². The molecule has 0 aromatic heterocycles. The van der Waals surface area contributed by atoms with Gasteiger partial charge in [-0.2, -0.15) is 0 Å². The third-order valence-corrected chi connectivity index (χ3v) is 1.99. The third kappa shape index (κ3) is 0.976. The summed E-state index contributed by atoms with van der Waals surface area (Å²) in [5.74, 6) is 2.03. The highest BCUT2D eigenvalue weighted by Gasteiger charge is 2.21. The van der Waals surface area contributed by atoms with Gasteiger partial charge in [-0.1, -0.05) is 0 Å². The van der Waals surface area contributed by atoms with Crippen LogP contribution in [0.3, 0.4) is 0 Å². The monoisotopic (exact) mass is 128 g/mol. The molecule has 1 unspecified atom stereocenters. The normalized spacial score (nSPS) is 28.5. The number of nitrogens with zero attached hydrogens (tertiary/aromatic N) is 1. The lowest BCUT2D eigenvalue weighted by Crippen LogP contribution is -2.17. The van der Waals surface area contributed by atoms with Crippen LogP contribution in [0.4, 0.5) is 0 Å². The molecule has 1 heterocycles. The van der Waals surface area contributed by atoms with Crippen molar-refractivity contribution in [2.75, 3.05) is 6.54 Å². The second-order valence-electron chi connectivity index (χ2n) is 2.19. The smallest absolute Gasteiger partial charge is 0.174 e. The van der Waals surface area contributed by atoms with Crippen LogP contribution in [0.25, 0.3) is 0 Å². The molecule has 0 saturated carbocycles. The van der Waals surface area contributed by atoms with E-state index in [-0.39, 0.29) is 0 Å². The van der Waals surface area contributed by atoms with Gasteiger partial charge < -0.3 is 0 Å². The van der Waals surface area contributed by atoms with E-state index in [0.717, 1.165) is 6.54 Å². The minimum atomic E-state index is 0.576. The minimum Gasteiger partial charge on any atom is -0.236 e. The molecule has 2 heteroatoms. The maximum absolute atomic E-state index is 3.86. The van der Waals surface area contributed by atoms with Crippen molar-refractivity contribution in [2.24, 2.45) is 0 Å². The van der Waals surface area contributed by atoms with Gasteiger partial charge in [0.2, 0.25) is 0 Å². The Morgan fingerprint density at radius 2 is 2.50 bits per heavy atom. The summed E-state index contributed by atoms with van der Waals surface area (Å²) in [5.41, 5.74) is 0. The van der Waals surface area contributed by atoms with E-state index < -0.39 is 0 Å². The Morgan fingerprint density at radius 1 is 1.75 bits per heavy atom. The van der Waals surface area contributed by atoms with Gasteiger partial charge in [0, 0.05) is 18.6 Å². The molecule has 0 bridgehead atoms. The fraction of sp³-hybridized carbons (Fsp3) is 0.667. The first-order valence-corrected chi connectivity index (χ1v) is 3.50. The molecule has 0 spiro atoms. The Morgan fingerprint density at radius 3 is 2.75 bits per heavy atom. The van der Waals surface area contributed by atoms with E-state index in [1.165, 1.54) is 12.8 Å². The highest BCUT2D eigenvalue weighted by Crippen LogP contribution is 2.08. The molecule has 1 fully saturated rings. The van der Waals surface area contributed by atoms with Crippen LogP contribution in [-0.4, -0.2) is 29.7 Å². The highest BCUT2D eigenvalue weighted by molar-refractivity contribution is 7.18. The van der Waals surface area contributed by atoms with Gasteiger partial charge in [0.1, 0.15) is 13.3 Å². The predicted octanol–water partition coefficient (Wildman–Crippen LogP) is 0.807. The summed E-state index contributed by atoms with van der Waals surface area (Å²) < 4.78 is 2.10. The van der Waals surface area contributed by atoms with E-state index in [2.05, 4.69) is 20.2 Å². The van der Waals surface area contributed by atoms with Crippen molar-refractivity contribution in [3.05, 3.63) is 0 Å². The number of rotatable bonds is 1. The first kappa shape index (κ1) is 5.97. The van der Waals surface area contributed by atoms with Crippen LogP contribution < -0.4 is 0 Å². The molecule has 1 aliphatic rings. The van der Waals surface area contributed by atoms with Crippen molar-refractivity contribution >= 4 is 21.4 Å². The maximum atomic E-state index is 3.86. The zero-order valence-corrected chi connectivity index (χ0v) is 5.93. The van der Waals surface area contributed by atoms with Gasteiger partial charge in [0.25, 0.3) is 0 Å². The second kappa shape index (κ2) is 2.41. The van der Waals surface area contributed by atoms with Crippen LogP contribution >= 0.6 is 8.86 Å². The first-order valence-electron chi connectivity index (χ1n) is 2.92. The number of hydrogen-bond donors (Lipinski definition) is 0. The molecule has 0 aromatic rings. The van der Waals surface area contributed by atoms with E-state index in [4.69, 9.17) is 0 Å². The largest absolute Gasteiger partial charge is 0.236 e. The lowest BCUT2D eigenvalue weighted by atomic mass is 10.3. The molecule has 8 heavy (non-hydrogen) atoms. The Hall–Kier alpha value is -0.160. The van der Waals surface area contributed by atoms with Gasteiger partial charge in [-0.15, -0.1) is 8.86 Å². The molecule has 1 aliphatic heterocycles. The molecule has 1 atom stereocenters. The van der Waals surface area contributed by atoms with Gasteiger partial charge >= 0.3 is 0 Å². The second-order valence-corrected chi connectivity index (χ2v) is 2.52. The van der Waals surface area contributed by atoms with Crippen LogP contribution in [0.2, 0.25) is 0 Å². The van der Waals surface area contributed by atoms with Crippen molar-refractivity contribution in [1.29, 1.82) is 0 Å². The average molecular weight is 128 g/mol. The lowest BCUT2D eigenvalue weighted by molar-refractivity contribution is -0.516. The molecular formula is C6H11NP+. The van der Waals surface area contributed by atoms with E-state index in [1.54, 1.807) is 0 Å². The third-order valence-electron chi connectivity index (χ3n) is 1.61. The molecule has 1 rings (SSSR count). The topological polar surface area (TPSA) is 3.01 Å². The van der Waals surface area contributed by atoms with Crippen molar-refractivity contribution in [3.63, 3.8) is 0 Å². The van der Waals surface area contributed by atoms with E-state index >= 15 is 0 Å². The van der Waals surface area contributed by atoms with Crippen LogP contribution in [0.5, 0.6) is 0 Å². The average Bonchev–Trinajstić information content (AvgIpc) is 2.14. The van der Waals surface area contributed by atoms with Gasteiger partial charge in [-0.05, 0) is 0 Å². The minimum absolute atomic E-state index is 0.576. The van der Waals surface area contributed by atoms with Gasteiger partial charge in [-0.25, -0.2) is 4.58 Å². The Bertz CT molecular complexity index is 120. The molecule has 0 radical (unpaired) electrons. The summed E-state index contributed by atoms with van der Waals surface area (Å²) in [5, 5.41) is 0. The van der Waals surface area contributed by atoms with Crippen LogP contribution in [0.15, 0.2) is 0 Å². The number of hydrogen-bond acceptors (Lipinski definition) is 0. The molecular weight excluding hydrogens is 117 g/mol. The summed E-state index contributed by atoms with van der Waals surface area (Å²) in [6.07, 6.45) is 2.54. The Kier molecular flexibility index (Phi) is 1.80. The van der Waals surface area contributed by atoms with Gasteiger partial charge in [0.15, 0.2) is 6.04 Å². The molecule has 0 amide bonds. The van der Waals surface area contributed by atoms with Crippen LogP contribution in [-0.2, 0) is 0 Å². The molecule has 44 valence electrons. The maximum Gasteiger partial charge on any atom is 0.174 e. The summed E-state index contributed by atoms with van der Waals surface area (Å²) in [6.45, 7) is 5.01. The van der Waals surface area contributed by atoms with Gasteiger partial charge in [0.05, 0.1) is 0 Å². The van der Waals surface area contributed by atoms with Gasteiger partial charge in [-0.3, -0.25) is 0 Å². The molecule has 1 saturated heterocycles. The van der Waals surface area contributed by atoms with E-state index in [1.807, 2.05) is 5.80 Å². The fourth-order valence-electron chi connectivity index (χ4n) is 1.04. The van der Waals surface area contributed by atoms with Crippen molar-refractivity contribution < 1.29 is 4.58 Å². The summed E-state index contributed by atoms with van der Waals surface area (Å²) >= 11 is 0. The van der Waals surface area contributed by atoms with E-state index in [9.17, 15) is 0 Å². The standard InChI is InChI=1S/C6H11NP/c1-7-4-2-3-6(7)5-8/h5-6,8H,1-4H2/q+1. The molecule has 0 aromatic carbocycles. The Labute approximate surface area is 52.3 Å². The Balaban J connectivity index is 2.54. The van der Waals surface area contributed by atoms with Crippen molar-refractivity contribution in [3.8, 4) is 0 Å². The molecule has 1 nitrogen and oxygen atoms in total. The molecule has 0 N–H and O–H groups in total. The highest BCUT2D eigenvalue weighted by atomic mass is 31.0.